The van der Waals surface area contributed by atoms with Crippen molar-refractivity contribution in [1.82, 2.24) is 4.98 Å². The van der Waals surface area contributed by atoms with Crippen LogP contribution in [0.25, 0.3) is 22.2 Å². The first-order valence-corrected chi connectivity index (χ1v) is 6.59. The number of nitrogens with one attached hydrogen (secondary N) is 1. The third kappa shape index (κ3) is 1.83. The van der Waals surface area contributed by atoms with Crippen molar-refractivity contribution in [3.63, 3.8) is 0 Å². The molecule has 1 heterocycles. The number of hydrogen-bond donors (Lipinski definition) is 3. The van der Waals surface area contributed by atoms with Gasteiger partial charge in [0.05, 0.1) is 0 Å². The number of phenols is 2. The van der Waals surface area contributed by atoms with Gasteiger partial charge in [-0.15, -0.1) is 0 Å². The molecule has 3 nitrogen and oxygen atoms in total. The van der Waals surface area contributed by atoms with Crippen LogP contribution in [0.4, 0.5) is 0 Å². The minimum absolute atomic E-state index is 0.268. The molecule has 0 amide bonds. The second-order valence-corrected chi connectivity index (χ2v) is 5.31. The number of rotatable bonds is 1. The van der Waals surface area contributed by atoms with Crippen molar-refractivity contribution in [3.05, 3.63) is 47.0 Å². The van der Waals surface area contributed by atoms with E-state index in [1.165, 1.54) is 0 Å². The monoisotopic (exact) mass is 267 g/mol. The van der Waals surface area contributed by atoms with Crippen LogP contribution in [0.1, 0.15) is 16.7 Å². The molecule has 3 heteroatoms. The van der Waals surface area contributed by atoms with Gasteiger partial charge in [-0.25, -0.2) is 0 Å². The Labute approximate surface area is 117 Å². The SMILES string of the molecule is Cc1cc(-c2[nH]c3ccc(O)cc3c2C)cc(C)c1O. The lowest BCUT2D eigenvalue weighted by Crippen LogP contribution is -1.86. The maximum absolute atomic E-state index is 9.88. The molecular weight excluding hydrogens is 250 g/mol. The highest BCUT2D eigenvalue weighted by Crippen LogP contribution is 2.34. The summed E-state index contributed by atoms with van der Waals surface area (Å²) >= 11 is 0. The summed E-state index contributed by atoms with van der Waals surface area (Å²) in [5, 5.41) is 20.5. The van der Waals surface area contributed by atoms with E-state index in [0.717, 1.165) is 38.9 Å². The second kappa shape index (κ2) is 4.30. The Kier molecular flexibility index (Phi) is 2.71. The first-order valence-electron chi connectivity index (χ1n) is 6.59. The lowest BCUT2D eigenvalue weighted by Gasteiger charge is -2.07. The average molecular weight is 267 g/mol. The Morgan fingerprint density at radius 2 is 1.55 bits per heavy atom. The summed E-state index contributed by atoms with van der Waals surface area (Å²) in [7, 11) is 0. The van der Waals surface area contributed by atoms with Crippen molar-refractivity contribution >= 4 is 10.9 Å². The molecule has 0 spiro atoms. The zero-order valence-corrected chi connectivity index (χ0v) is 11.8. The van der Waals surface area contributed by atoms with Crippen molar-refractivity contribution in [2.24, 2.45) is 0 Å². The molecular formula is C17H17NO2. The number of aryl methyl sites for hydroxylation is 3. The Bertz CT molecular complexity index is 792. The highest BCUT2D eigenvalue weighted by Gasteiger charge is 2.12. The Hall–Kier alpha value is -2.42. The first kappa shape index (κ1) is 12.6. The summed E-state index contributed by atoms with van der Waals surface area (Å²) in [6, 6.07) is 9.27. The van der Waals surface area contributed by atoms with E-state index in [9.17, 15) is 10.2 Å². The minimum atomic E-state index is 0.268. The molecule has 0 aliphatic carbocycles. The van der Waals surface area contributed by atoms with Gasteiger partial charge in [0.2, 0.25) is 0 Å². The number of H-pyrrole nitrogens is 1. The number of aromatic nitrogens is 1. The maximum atomic E-state index is 9.88. The van der Waals surface area contributed by atoms with Crippen LogP contribution in [0.5, 0.6) is 11.5 Å². The molecule has 0 fully saturated rings. The molecule has 0 bridgehead atoms. The van der Waals surface area contributed by atoms with Gasteiger partial charge in [-0.1, -0.05) is 0 Å². The molecule has 0 radical (unpaired) electrons. The molecule has 0 aliphatic rings. The van der Waals surface area contributed by atoms with Crippen LogP contribution < -0.4 is 0 Å². The summed E-state index contributed by atoms with van der Waals surface area (Å²) in [4.78, 5) is 3.39. The Morgan fingerprint density at radius 1 is 0.900 bits per heavy atom. The molecule has 2 aromatic carbocycles. The van der Waals surface area contributed by atoms with Gasteiger partial charge in [0.15, 0.2) is 0 Å². The number of aromatic amines is 1. The molecule has 0 aliphatic heterocycles. The van der Waals surface area contributed by atoms with Crippen LogP contribution in [-0.2, 0) is 0 Å². The molecule has 1 aromatic heterocycles. The largest absolute Gasteiger partial charge is 0.508 e. The smallest absolute Gasteiger partial charge is 0.121 e. The molecule has 20 heavy (non-hydrogen) atoms. The third-order valence-electron chi connectivity index (χ3n) is 3.82. The fourth-order valence-corrected chi connectivity index (χ4v) is 2.70. The Morgan fingerprint density at radius 3 is 2.20 bits per heavy atom. The fourth-order valence-electron chi connectivity index (χ4n) is 2.70. The topological polar surface area (TPSA) is 56.2 Å². The predicted octanol–water partition coefficient (Wildman–Crippen LogP) is 4.17. The molecule has 0 atom stereocenters. The van der Waals surface area contributed by atoms with Gasteiger partial charge < -0.3 is 15.2 Å². The van der Waals surface area contributed by atoms with Gasteiger partial charge in [0.25, 0.3) is 0 Å². The molecule has 3 rings (SSSR count). The number of aromatic hydroxyl groups is 2. The van der Waals surface area contributed by atoms with Gasteiger partial charge in [0, 0.05) is 16.6 Å². The second-order valence-electron chi connectivity index (χ2n) is 5.31. The summed E-state index contributed by atoms with van der Waals surface area (Å²) in [6.45, 7) is 5.83. The molecule has 102 valence electrons. The van der Waals surface area contributed by atoms with Crippen molar-refractivity contribution in [1.29, 1.82) is 0 Å². The van der Waals surface area contributed by atoms with E-state index in [2.05, 4.69) is 4.98 Å². The summed E-state index contributed by atoms with van der Waals surface area (Å²) in [5.41, 5.74) is 5.89. The van der Waals surface area contributed by atoms with Crippen LogP contribution in [0.2, 0.25) is 0 Å². The summed E-state index contributed by atoms with van der Waals surface area (Å²) in [6.07, 6.45) is 0. The highest BCUT2D eigenvalue weighted by molar-refractivity contribution is 5.91. The predicted molar refractivity (Wildman–Crippen MR) is 81.3 cm³/mol. The van der Waals surface area contributed by atoms with Crippen LogP contribution in [0, 0.1) is 20.8 Å². The maximum Gasteiger partial charge on any atom is 0.121 e. The van der Waals surface area contributed by atoms with Crippen molar-refractivity contribution < 1.29 is 10.2 Å². The van der Waals surface area contributed by atoms with Crippen molar-refractivity contribution in [2.75, 3.05) is 0 Å². The standard InChI is InChI=1S/C17H17NO2/c1-9-6-12(7-10(2)17(9)20)16-11(3)14-8-13(19)4-5-15(14)18-16/h4-8,18-20H,1-3H3. The van der Waals surface area contributed by atoms with Crippen LogP contribution in [0.15, 0.2) is 30.3 Å². The summed E-state index contributed by atoms with van der Waals surface area (Å²) in [5.74, 6) is 0.615. The fraction of sp³-hybridized carbons (Fsp3) is 0.176. The lowest BCUT2D eigenvalue weighted by molar-refractivity contribution is 0.467. The number of fused-ring (bicyclic) bond motifs is 1. The van der Waals surface area contributed by atoms with Crippen LogP contribution in [-0.4, -0.2) is 15.2 Å². The molecule has 3 N–H and O–H groups in total. The van der Waals surface area contributed by atoms with E-state index < -0.39 is 0 Å². The molecule has 3 aromatic rings. The van der Waals surface area contributed by atoms with Gasteiger partial charge in [0.1, 0.15) is 11.5 Å². The zero-order chi connectivity index (χ0) is 14.4. The van der Waals surface area contributed by atoms with Gasteiger partial charge >= 0.3 is 0 Å². The van der Waals surface area contributed by atoms with E-state index in [1.807, 2.05) is 39.0 Å². The third-order valence-corrected chi connectivity index (χ3v) is 3.82. The van der Waals surface area contributed by atoms with Crippen LogP contribution in [0.3, 0.4) is 0 Å². The molecule has 0 unspecified atom stereocenters. The van der Waals surface area contributed by atoms with E-state index in [0.29, 0.717) is 5.75 Å². The summed E-state index contributed by atoms with van der Waals surface area (Å²) < 4.78 is 0. The van der Waals surface area contributed by atoms with E-state index in [1.54, 1.807) is 12.1 Å². The van der Waals surface area contributed by atoms with Crippen LogP contribution >= 0.6 is 0 Å². The molecule has 0 saturated carbocycles. The average Bonchev–Trinajstić information content (AvgIpc) is 2.73. The lowest BCUT2D eigenvalue weighted by atomic mass is 10.0. The van der Waals surface area contributed by atoms with Gasteiger partial charge in [-0.3, -0.25) is 0 Å². The Balaban J connectivity index is 2.27. The van der Waals surface area contributed by atoms with Gasteiger partial charge in [-0.05, 0) is 73.4 Å². The van der Waals surface area contributed by atoms with E-state index in [4.69, 9.17) is 0 Å². The van der Waals surface area contributed by atoms with E-state index >= 15 is 0 Å². The number of hydrogen-bond acceptors (Lipinski definition) is 2. The molecule has 0 saturated heterocycles. The van der Waals surface area contributed by atoms with Gasteiger partial charge in [-0.2, -0.15) is 0 Å². The number of benzene rings is 2. The first-order chi connectivity index (χ1) is 9.47. The highest BCUT2D eigenvalue weighted by atomic mass is 16.3. The van der Waals surface area contributed by atoms with Crippen molar-refractivity contribution in [3.8, 4) is 22.8 Å². The minimum Gasteiger partial charge on any atom is -0.508 e. The number of phenolic OH excluding ortho intramolecular Hbond substituents is 2. The normalized spacial score (nSPS) is 11.2. The van der Waals surface area contributed by atoms with E-state index in [-0.39, 0.29) is 5.75 Å². The van der Waals surface area contributed by atoms with Crippen molar-refractivity contribution in [2.45, 2.75) is 20.8 Å². The zero-order valence-electron chi connectivity index (χ0n) is 11.8. The quantitative estimate of drug-likeness (QED) is 0.619.